The molecule has 0 heterocycles. The number of benzene rings is 1. The van der Waals surface area contributed by atoms with E-state index in [1.807, 2.05) is 13.0 Å². The Hall–Kier alpha value is -2.22. The van der Waals surface area contributed by atoms with E-state index in [4.69, 9.17) is 19.8 Å². The monoisotopic (exact) mass is 235 g/mol. The van der Waals surface area contributed by atoms with Gasteiger partial charge in [-0.3, -0.25) is 0 Å². The van der Waals surface area contributed by atoms with E-state index in [1.54, 1.807) is 0 Å². The molecule has 1 rings (SSSR count). The van der Waals surface area contributed by atoms with E-state index >= 15 is 0 Å². The molecule has 0 saturated carbocycles. The van der Waals surface area contributed by atoms with Crippen LogP contribution in [0.5, 0.6) is 11.5 Å². The minimum absolute atomic E-state index is 0.0482. The Bertz CT molecular complexity index is 462. The van der Waals surface area contributed by atoms with Gasteiger partial charge in [0.05, 0.1) is 19.3 Å². The maximum atomic E-state index is 10.9. The first-order valence-corrected chi connectivity index (χ1v) is 5.12. The van der Waals surface area contributed by atoms with Gasteiger partial charge in [-0.15, -0.1) is 0 Å². The smallest absolute Gasteiger partial charge is 0.339 e. The molecule has 0 atom stereocenters. The average Bonchev–Trinajstić information content (AvgIpc) is 2.34. The van der Waals surface area contributed by atoms with Crippen molar-refractivity contribution in [3.05, 3.63) is 23.3 Å². The van der Waals surface area contributed by atoms with E-state index in [0.717, 1.165) is 6.42 Å². The van der Waals surface area contributed by atoms with Gasteiger partial charge in [0.2, 0.25) is 0 Å². The third kappa shape index (κ3) is 2.88. The van der Waals surface area contributed by atoms with Crippen molar-refractivity contribution in [2.24, 2.45) is 0 Å². The molecule has 0 saturated heterocycles. The summed E-state index contributed by atoms with van der Waals surface area (Å²) < 4.78 is 10.3. The zero-order valence-electron chi connectivity index (χ0n) is 9.69. The summed E-state index contributed by atoms with van der Waals surface area (Å²) in [5.41, 5.74) is 0.143. The summed E-state index contributed by atoms with van der Waals surface area (Å²) >= 11 is 0. The van der Waals surface area contributed by atoms with Gasteiger partial charge < -0.3 is 14.6 Å². The van der Waals surface area contributed by atoms with Gasteiger partial charge in [-0.05, 0) is 12.5 Å². The lowest BCUT2D eigenvalue weighted by molar-refractivity contribution is 0.0693. The van der Waals surface area contributed by atoms with Crippen LogP contribution >= 0.6 is 0 Å². The number of aromatic carboxylic acids is 1. The standard InChI is InChI=1S/C12H13NO4/c1-3-4-17-10-6-11(16-2)9(12(14)15)5-8(10)7-13/h5-6H,3-4H2,1-2H3,(H,14,15). The van der Waals surface area contributed by atoms with Crippen LogP contribution in [0.1, 0.15) is 29.3 Å². The van der Waals surface area contributed by atoms with E-state index in [2.05, 4.69) is 0 Å². The van der Waals surface area contributed by atoms with Crippen molar-refractivity contribution in [1.82, 2.24) is 0 Å². The summed E-state index contributed by atoms with van der Waals surface area (Å²) in [4.78, 5) is 10.9. The number of carboxylic acids is 1. The van der Waals surface area contributed by atoms with E-state index in [1.165, 1.54) is 19.2 Å². The molecule has 5 nitrogen and oxygen atoms in total. The summed E-state index contributed by atoms with van der Waals surface area (Å²) in [5, 5.41) is 17.9. The minimum atomic E-state index is -1.14. The predicted octanol–water partition coefficient (Wildman–Crippen LogP) is 2.05. The maximum Gasteiger partial charge on any atom is 0.339 e. The number of carboxylic acid groups (broad SMARTS) is 1. The lowest BCUT2D eigenvalue weighted by atomic mass is 10.1. The molecular weight excluding hydrogens is 222 g/mol. The zero-order chi connectivity index (χ0) is 12.8. The lowest BCUT2D eigenvalue weighted by Gasteiger charge is -2.10. The van der Waals surface area contributed by atoms with Crippen molar-refractivity contribution in [3.63, 3.8) is 0 Å². The topological polar surface area (TPSA) is 79.6 Å². The molecule has 0 aliphatic carbocycles. The maximum absolute atomic E-state index is 10.9. The van der Waals surface area contributed by atoms with Crippen LogP contribution in [0.3, 0.4) is 0 Å². The van der Waals surface area contributed by atoms with Crippen molar-refractivity contribution < 1.29 is 19.4 Å². The van der Waals surface area contributed by atoms with Gasteiger partial charge in [-0.2, -0.15) is 5.26 Å². The van der Waals surface area contributed by atoms with E-state index in [9.17, 15) is 4.79 Å². The number of hydrogen-bond acceptors (Lipinski definition) is 4. The van der Waals surface area contributed by atoms with Crippen molar-refractivity contribution >= 4 is 5.97 Å². The molecule has 0 spiro atoms. The Labute approximate surface area is 99.2 Å². The zero-order valence-corrected chi connectivity index (χ0v) is 9.69. The van der Waals surface area contributed by atoms with Crippen molar-refractivity contribution in [2.75, 3.05) is 13.7 Å². The molecule has 0 radical (unpaired) electrons. The number of rotatable bonds is 5. The Kier molecular flexibility index (Phi) is 4.35. The van der Waals surface area contributed by atoms with Crippen molar-refractivity contribution in [2.45, 2.75) is 13.3 Å². The van der Waals surface area contributed by atoms with Crippen LogP contribution in [0.2, 0.25) is 0 Å². The molecule has 0 aliphatic heterocycles. The fraction of sp³-hybridized carbons (Fsp3) is 0.333. The molecule has 0 amide bonds. The van der Waals surface area contributed by atoms with Crippen LogP contribution in [-0.4, -0.2) is 24.8 Å². The first kappa shape index (κ1) is 12.8. The van der Waals surface area contributed by atoms with Crippen LogP contribution in [0.15, 0.2) is 12.1 Å². The lowest BCUT2D eigenvalue weighted by Crippen LogP contribution is -2.04. The number of hydrogen-bond donors (Lipinski definition) is 1. The van der Waals surface area contributed by atoms with Gasteiger partial charge in [-0.25, -0.2) is 4.79 Å². The van der Waals surface area contributed by atoms with Gasteiger partial charge >= 0.3 is 5.97 Å². The Morgan fingerprint density at radius 2 is 2.18 bits per heavy atom. The highest BCUT2D eigenvalue weighted by atomic mass is 16.5. The highest BCUT2D eigenvalue weighted by Gasteiger charge is 2.16. The number of nitrogens with zero attached hydrogens (tertiary/aromatic N) is 1. The van der Waals surface area contributed by atoms with Gasteiger partial charge in [0.25, 0.3) is 0 Å². The fourth-order valence-corrected chi connectivity index (χ4v) is 1.32. The third-order valence-electron chi connectivity index (χ3n) is 2.11. The highest BCUT2D eigenvalue weighted by Crippen LogP contribution is 2.29. The average molecular weight is 235 g/mol. The van der Waals surface area contributed by atoms with Crippen LogP contribution < -0.4 is 9.47 Å². The molecular formula is C12H13NO4. The molecule has 0 aliphatic rings. The summed E-state index contributed by atoms with van der Waals surface area (Å²) in [6, 6.07) is 4.59. The highest BCUT2D eigenvalue weighted by molar-refractivity contribution is 5.91. The molecule has 5 heteroatoms. The quantitative estimate of drug-likeness (QED) is 0.844. The molecule has 1 aromatic carbocycles. The molecule has 0 aromatic heterocycles. The summed E-state index contributed by atoms with van der Waals surface area (Å²) in [7, 11) is 1.37. The number of carbonyl (C=O) groups is 1. The molecule has 17 heavy (non-hydrogen) atoms. The second-order valence-electron chi connectivity index (χ2n) is 3.31. The first-order chi connectivity index (χ1) is 8.13. The van der Waals surface area contributed by atoms with E-state index in [-0.39, 0.29) is 16.9 Å². The van der Waals surface area contributed by atoms with Crippen LogP contribution in [0.25, 0.3) is 0 Å². The van der Waals surface area contributed by atoms with Crippen molar-refractivity contribution in [3.8, 4) is 17.6 Å². The first-order valence-electron chi connectivity index (χ1n) is 5.12. The molecule has 1 aromatic rings. The summed E-state index contributed by atoms with van der Waals surface area (Å²) in [6.07, 6.45) is 0.799. The Morgan fingerprint density at radius 1 is 1.47 bits per heavy atom. The molecule has 1 N–H and O–H groups in total. The summed E-state index contributed by atoms with van der Waals surface area (Å²) in [6.45, 7) is 2.40. The van der Waals surface area contributed by atoms with Crippen LogP contribution in [-0.2, 0) is 0 Å². The second-order valence-corrected chi connectivity index (χ2v) is 3.31. The van der Waals surface area contributed by atoms with Crippen LogP contribution in [0.4, 0.5) is 0 Å². The fourth-order valence-electron chi connectivity index (χ4n) is 1.32. The van der Waals surface area contributed by atoms with Gasteiger partial charge in [0, 0.05) is 6.07 Å². The third-order valence-corrected chi connectivity index (χ3v) is 2.11. The Morgan fingerprint density at radius 3 is 2.65 bits per heavy atom. The molecule has 0 fully saturated rings. The number of methoxy groups -OCH3 is 1. The van der Waals surface area contributed by atoms with Gasteiger partial charge in [-0.1, -0.05) is 6.92 Å². The number of ether oxygens (including phenoxy) is 2. The molecule has 0 unspecified atom stereocenters. The second kappa shape index (κ2) is 5.75. The van der Waals surface area contributed by atoms with Crippen LogP contribution in [0, 0.1) is 11.3 Å². The number of nitriles is 1. The summed E-state index contributed by atoms with van der Waals surface area (Å²) in [5.74, 6) is -0.612. The normalized spacial score (nSPS) is 9.47. The minimum Gasteiger partial charge on any atom is -0.496 e. The van der Waals surface area contributed by atoms with E-state index in [0.29, 0.717) is 12.4 Å². The largest absolute Gasteiger partial charge is 0.496 e. The Balaban J connectivity index is 3.24. The molecule has 0 bridgehead atoms. The predicted molar refractivity (Wildman–Crippen MR) is 60.5 cm³/mol. The molecule has 90 valence electrons. The SMILES string of the molecule is CCCOc1cc(OC)c(C(=O)O)cc1C#N. The van der Waals surface area contributed by atoms with Crippen molar-refractivity contribution in [1.29, 1.82) is 5.26 Å². The van der Waals surface area contributed by atoms with Gasteiger partial charge in [0.15, 0.2) is 0 Å². The van der Waals surface area contributed by atoms with E-state index < -0.39 is 5.97 Å². The van der Waals surface area contributed by atoms with Gasteiger partial charge in [0.1, 0.15) is 23.1 Å².